The number of carbonyl (C=O) groups excluding carboxylic acids is 1. The maximum absolute atomic E-state index is 11.8. The Morgan fingerprint density at radius 1 is 1.52 bits per heavy atom. The number of benzene rings is 1. The second-order valence-electron chi connectivity index (χ2n) is 4.51. The SMILES string of the molecule is C#CCOc1ccc2[nH]nc(NC(=O)NCCCC)c2c1. The van der Waals surface area contributed by atoms with E-state index in [9.17, 15) is 4.79 Å². The lowest BCUT2D eigenvalue weighted by Crippen LogP contribution is -2.29. The summed E-state index contributed by atoms with van der Waals surface area (Å²) in [5.41, 5.74) is 0.812. The van der Waals surface area contributed by atoms with E-state index in [-0.39, 0.29) is 12.6 Å². The van der Waals surface area contributed by atoms with Crippen LogP contribution in [0.1, 0.15) is 19.8 Å². The van der Waals surface area contributed by atoms with E-state index in [4.69, 9.17) is 11.2 Å². The minimum Gasteiger partial charge on any atom is -0.481 e. The predicted octanol–water partition coefficient (Wildman–Crippen LogP) is 2.50. The summed E-state index contributed by atoms with van der Waals surface area (Å²) >= 11 is 0. The molecule has 0 radical (unpaired) electrons. The Balaban J connectivity index is 2.09. The molecule has 0 atom stereocenters. The van der Waals surface area contributed by atoms with Crippen LogP contribution < -0.4 is 15.4 Å². The second-order valence-corrected chi connectivity index (χ2v) is 4.51. The van der Waals surface area contributed by atoms with Gasteiger partial charge in [0.25, 0.3) is 0 Å². The third kappa shape index (κ3) is 3.89. The first-order valence-corrected chi connectivity index (χ1v) is 6.84. The van der Waals surface area contributed by atoms with Gasteiger partial charge in [-0.15, -0.1) is 6.42 Å². The first-order valence-electron chi connectivity index (χ1n) is 6.84. The molecule has 1 aromatic heterocycles. The molecule has 2 amide bonds. The van der Waals surface area contributed by atoms with Gasteiger partial charge in [0.1, 0.15) is 12.4 Å². The maximum Gasteiger partial charge on any atom is 0.320 e. The van der Waals surface area contributed by atoms with Crippen LogP contribution in [0.3, 0.4) is 0 Å². The average molecular weight is 286 g/mol. The number of hydrogen-bond acceptors (Lipinski definition) is 3. The van der Waals surface area contributed by atoms with Gasteiger partial charge in [0, 0.05) is 11.9 Å². The molecule has 0 spiro atoms. The summed E-state index contributed by atoms with van der Waals surface area (Å²) in [6.07, 6.45) is 7.14. The minimum absolute atomic E-state index is 0.198. The Kier molecular flexibility index (Phi) is 5.04. The van der Waals surface area contributed by atoms with Crippen molar-refractivity contribution in [2.75, 3.05) is 18.5 Å². The Hall–Kier alpha value is -2.68. The topological polar surface area (TPSA) is 79.0 Å². The van der Waals surface area contributed by atoms with Crippen molar-refractivity contribution in [1.82, 2.24) is 15.5 Å². The van der Waals surface area contributed by atoms with Gasteiger partial charge in [0.05, 0.1) is 5.52 Å². The Bertz CT molecular complexity index is 657. The number of urea groups is 1. The minimum atomic E-state index is -0.271. The van der Waals surface area contributed by atoms with Gasteiger partial charge in [-0.2, -0.15) is 5.10 Å². The number of aromatic nitrogens is 2. The van der Waals surface area contributed by atoms with Gasteiger partial charge >= 0.3 is 6.03 Å². The van der Waals surface area contributed by atoms with Crippen LogP contribution in [0.2, 0.25) is 0 Å². The van der Waals surface area contributed by atoms with Crippen molar-refractivity contribution in [3.05, 3.63) is 18.2 Å². The lowest BCUT2D eigenvalue weighted by Gasteiger charge is -2.05. The molecule has 110 valence electrons. The third-order valence-electron chi connectivity index (χ3n) is 2.90. The number of anilines is 1. The number of nitrogens with zero attached hydrogens (tertiary/aromatic N) is 1. The van der Waals surface area contributed by atoms with E-state index in [2.05, 4.69) is 33.7 Å². The largest absolute Gasteiger partial charge is 0.481 e. The van der Waals surface area contributed by atoms with Crippen LogP contribution in [0.15, 0.2) is 18.2 Å². The molecule has 0 aliphatic heterocycles. The van der Waals surface area contributed by atoms with Crippen LogP contribution in [-0.4, -0.2) is 29.4 Å². The van der Waals surface area contributed by atoms with Crippen LogP contribution in [0.25, 0.3) is 10.9 Å². The molecule has 21 heavy (non-hydrogen) atoms. The smallest absolute Gasteiger partial charge is 0.320 e. The Labute approximate surface area is 123 Å². The molecule has 0 aliphatic rings. The van der Waals surface area contributed by atoms with Gasteiger partial charge in [0.2, 0.25) is 0 Å². The first-order chi connectivity index (χ1) is 10.2. The predicted molar refractivity (Wildman–Crippen MR) is 82.4 cm³/mol. The number of H-pyrrole nitrogens is 1. The van der Waals surface area contributed by atoms with Crippen LogP contribution in [0.5, 0.6) is 5.75 Å². The molecule has 0 saturated heterocycles. The van der Waals surface area contributed by atoms with Gasteiger partial charge in [-0.25, -0.2) is 4.79 Å². The summed E-state index contributed by atoms with van der Waals surface area (Å²) in [6.45, 7) is 2.91. The summed E-state index contributed by atoms with van der Waals surface area (Å²) in [6, 6.07) is 5.14. The monoisotopic (exact) mass is 286 g/mol. The fourth-order valence-electron chi connectivity index (χ4n) is 1.83. The Morgan fingerprint density at radius 3 is 3.14 bits per heavy atom. The van der Waals surface area contributed by atoms with Crippen molar-refractivity contribution in [3.8, 4) is 18.1 Å². The molecule has 0 aliphatic carbocycles. The number of fused-ring (bicyclic) bond motifs is 1. The summed E-state index contributed by atoms with van der Waals surface area (Å²) in [4.78, 5) is 11.8. The number of carbonyl (C=O) groups is 1. The van der Waals surface area contributed by atoms with E-state index >= 15 is 0 Å². The van der Waals surface area contributed by atoms with Crippen molar-refractivity contribution in [1.29, 1.82) is 0 Å². The highest BCUT2D eigenvalue weighted by Crippen LogP contribution is 2.25. The normalized spacial score (nSPS) is 10.1. The fourth-order valence-corrected chi connectivity index (χ4v) is 1.83. The Morgan fingerprint density at radius 2 is 2.38 bits per heavy atom. The lowest BCUT2D eigenvalue weighted by molar-refractivity contribution is 0.252. The standard InChI is InChI=1S/C15H18N4O2/c1-3-5-8-16-15(20)17-14-12-10-11(21-9-4-2)6-7-13(12)18-19-14/h2,6-7,10H,3,5,8-9H2,1H3,(H3,16,17,18,19,20). The number of ether oxygens (including phenoxy) is 1. The highest BCUT2D eigenvalue weighted by Gasteiger charge is 2.09. The number of terminal acetylenes is 1. The number of unbranched alkanes of at least 4 members (excludes halogenated alkanes) is 1. The summed E-state index contributed by atoms with van der Waals surface area (Å²) in [5.74, 6) is 3.51. The molecule has 6 nitrogen and oxygen atoms in total. The van der Waals surface area contributed by atoms with Crippen LogP contribution in [0.4, 0.5) is 10.6 Å². The van der Waals surface area contributed by atoms with Crippen molar-refractivity contribution in [3.63, 3.8) is 0 Å². The van der Waals surface area contributed by atoms with Crippen LogP contribution in [0, 0.1) is 12.3 Å². The number of hydrogen-bond donors (Lipinski definition) is 3. The van der Waals surface area contributed by atoms with Gasteiger partial charge in [0.15, 0.2) is 5.82 Å². The van der Waals surface area contributed by atoms with Crippen molar-refractivity contribution in [2.24, 2.45) is 0 Å². The zero-order valence-corrected chi connectivity index (χ0v) is 11.9. The van der Waals surface area contributed by atoms with E-state index in [1.807, 2.05) is 6.07 Å². The average Bonchev–Trinajstić information content (AvgIpc) is 2.88. The molecule has 0 fully saturated rings. The highest BCUT2D eigenvalue weighted by molar-refractivity contribution is 5.99. The molecular weight excluding hydrogens is 268 g/mol. The van der Waals surface area contributed by atoms with Gasteiger partial charge in [-0.3, -0.25) is 10.4 Å². The number of nitrogens with one attached hydrogen (secondary N) is 3. The van der Waals surface area contributed by atoms with E-state index < -0.39 is 0 Å². The first kappa shape index (κ1) is 14.7. The van der Waals surface area contributed by atoms with E-state index in [0.717, 1.165) is 23.7 Å². The number of rotatable bonds is 6. The maximum atomic E-state index is 11.8. The molecule has 0 saturated carbocycles. The lowest BCUT2D eigenvalue weighted by atomic mass is 10.2. The summed E-state index contributed by atoms with van der Waals surface area (Å²) < 4.78 is 5.37. The molecule has 1 heterocycles. The summed E-state index contributed by atoms with van der Waals surface area (Å²) in [5, 5.41) is 13.2. The van der Waals surface area contributed by atoms with Crippen LogP contribution in [-0.2, 0) is 0 Å². The van der Waals surface area contributed by atoms with Gasteiger partial charge in [-0.05, 0) is 24.6 Å². The molecule has 1 aromatic carbocycles. The van der Waals surface area contributed by atoms with Gasteiger partial charge < -0.3 is 10.1 Å². The van der Waals surface area contributed by atoms with Crippen molar-refractivity contribution >= 4 is 22.8 Å². The molecule has 0 bridgehead atoms. The zero-order valence-electron chi connectivity index (χ0n) is 11.9. The molecular formula is C15H18N4O2. The second kappa shape index (κ2) is 7.20. The van der Waals surface area contributed by atoms with Crippen molar-refractivity contribution in [2.45, 2.75) is 19.8 Å². The van der Waals surface area contributed by atoms with E-state index in [1.165, 1.54) is 0 Å². The quantitative estimate of drug-likeness (QED) is 0.564. The highest BCUT2D eigenvalue weighted by atomic mass is 16.5. The zero-order chi connectivity index (χ0) is 15.1. The molecule has 2 rings (SSSR count). The van der Waals surface area contributed by atoms with Crippen LogP contribution >= 0.6 is 0 Å². The van der Waals surface area contributed by atoms with Crippen molar-refractivity contribution < 1.29 is 9.53 Å². The summed E-state index contributed by atoms with van der Waals surface area (Å²) in [7, 11) is 0. The molecule has 0 unspecified atom stereocenters. The number of aromatic amines is 1. The molecule has 3 N–H and O–H groups in total. The fraction of sp³-hybridized carbons (Fsp3) is 0.333. The van der Waals surface area contributed by atoms with Gasteiger partial charge in [-0.1, -0.05) is 19.3 Å². The molecule has 6 heteroatoms. The third-order valence-corrected chi connectivity index (χ3v) is 2.90. The molecule has 2 aromatic rings. The van der Waals surface area contributed by atoms with E-state index in [1.54, 1.807) is 12.1 Å². The number of amides is 2. The van der Waals surface area contributed by atoms with E-state index in [0.29, 0.717) is 18.1 Å².